The first-order valence-corrected chi connectivity index (χ1v) is 10.6. The molecule has 1 aliphatic carbocycles. The Morgan fingerprint density at radius 1 is 1.10 bits per heavy atom. The van der Waals surface area contributed by atoms with Gasteiger partial charge in [-0.15, -0.1) is 0 Å². The van der Waals surface area contributed by atoms with Gasteiger partial charge in [0.25, 0.3) is 0 Å². The van der Waals surface area contributed by atoms with Crippen LogP contribution in [0.5, 0.6) is 0 Å². The molecule has 0 unspecified atom stereocenters. The standard InChI is InChI=1S/C24H29NO5/c1-4-5-6-14-30-24(28)20-15(2)25-18-8-7-9-19(26)22(18)21(20)16-10-12-17(13-11-16)23(27)29-3/h10-13,21,25H,4-9,14H2,1-3H3/t21-/m1/s1. The van der Waals surface area contributed by atoms with Gasteiger partial charge in [-0.05, 0) is 43.9 Å². The fraction of sp³-hybridized carbons (Fsp3) is 0.458. The molecule has 160 valence electrons. The number of carbonyl (C=O) groups is 3. The highest BCUT2D eigenvalue weighted by molar-refractivity contribution is 6.03. The number of benzene rings is 1. The van der Waals surface area contributed by atoms with Crippen LogP contribution in [0.3, 0.4) is 0 Å². The lowest BCUT2D eigenvalue weighted by atomic mass is 9.75. The van der Waals surface area contributed by atoms with Crippen molar-refractivity contribution in [3.63, 3.8) is 0 Å². The van der Waals surface area contributed by atoms with Crippen LogP contribution >= 0.6 is 0 Å². The van der Waals surface area contributed by atoms with Gasteiger partial charge < -0.3 is 14.8 Å². The number of hydrogen-bond acceptors (Lipinski definition) is 6. The van der Waals surface area contributed by atoms with Crippen molar-refractivity contribution in [2.45, 2.75) is 58.3 Å². The number of ketones is 1. The van der Waals surface area contributed by atoms with E-state index in [0.717, 1.165) is 43.4 Å². The summed E-state index contributed by atoms with van der Waals surface area (Å²) in [5, 5.41) is 3.28. The van der Waals surface area contributed by atoms with Gasteiger partial charge in [-0.25, -0.2) is 9.59 Å². The van der Waals surface area contributed by atoms with E-state index in [1.807, 2.05) is 6.92 Å². The van der Waals surface area contributed by atoms with Crippen LogP contribution in [-0.4, -0.2) is 31.4 Å². The second-order valence-corrected chi connectivity index (χ2v) is 7.72. The molecule has 0 radical (unpaired) electrons. The van der Waals surface area contributed by atoms with Crippen LogP contribution in [0.25, 0.3) is 0 Å². The van der Waals surface area contributed by atoms with Gasteiger partial charge in [-0.2, -0.15) is 0 Å². The Hall–Kier alpha value is -2.89. The molecular formula is C24H29NO5. The molecule has 0 bridgehead atoms. The summed E-state index contributed by atoms with van der Waals surface area (Å²) in [7, 11) is 1.33. The van der Waals surface area contributed by atoms with Gasteiger partial charge in [0.15, 0.2) is 5.78 Å². The number of carbonyl (C=O) groups excluding carboxylic acids is 3. The van der Waals surface area contributed by atoms with Gasteiger partial charge in [0.1, 0.15) is 0 Å². The fourth-order valence-corrected chi connectivity index (χ4v) is 4.11. The lowest BCUT2D eigenvalue weighted by Gasteiger charge is -2.34. The van der Waals surface area contributed by atoms with Crippen LogP contribution in [-0.2, 0) is 19.1 Å². The molecule has 1 N–H and O–H groups in total. The van der Waals surface area contributed by atoms with E-state index in [-0.39, 0.29) is 5.78 Å². The lowest BCUT2D eigenvalue weighted by Crippen LogP contribution is -2.34. The Labute approximate surface area is 177 Å². The zero-order chi connectivity index (χ0) is 21.7. The van der Waals surface area contributed by atoms with Gasteiger partial charge >= 0.3 is 11.9 Å². The minimum Gasteiger partial charge on any atom is -0.465 e. The number of esters is 2. The summed E-state index contributed by atoms with van der Waals surface area (Å²) >= 11 is 0. The molecule has 3 rings (SSSR count). The van der Waals surface area contributed by atoms with E-state index in [1.165, 1.54) is 7.11 Å². The minimum absolute atomic E-state index is 0.0505. The number of rotatable bonds is 7. The van der Waals surface area contributed by atoms with E-state index in [2.05, 4.69) is 12.2 Å². The topological polar surface area (TPSA) is 81.7 Å². The molecule has 1 aromatic rings. The maximum atomic E-state index is 13.0. The van der Waals surface area contributed by atoms with Crippen LogP contribution in [0.15, 0.2) is 46.8 Å². The van der Waals surface area contributed by atoms with Gasteiger partial charge in [-0.3, -0.25) is 4.79 Å². The predicted octanol–water partition coefficient (Wildman–Crippen LogP) is 4.17. The normalized spacial score (nSPS) is 18.6. The van der Waals surface area contributed by atoms with Gasteiger partial charge in [0.05, 0.1) is 24.9 Å². The quantitative estimate of drug-likeness (QED) is 0.536. The van der Waals surface area contributed by atoms with E-state index in [4.69, 9.17) is 9.47 Å². The van der Waals surface area contributed by atoms with Crippen molar-refractivity contribution in [2.24, 2.45) is 0 Å². The molecule has 0 aromatic heterocycles. The van der Waals surface area contributed by atoms with Gasteiger partial charge in [-0.1, -0.05) is 31.9 Å². The number of unbranched alkanes of at least 4 members (excludes halogenated alkanes) is 2. The fourth-order valence-electron chi connectivity index (χ4n) is 4.11. The molecule has 6 heteroatoms. The van der Waals surface area contributed by atoms with E-state index < -0.39 is 17.9 Å². The van der Waals surface area contributed by atoms with Gasteiger partial charge in [0, 0.05) is 29.3 Å². The summed E-state index contributed by atoms with van der Waals surface area (Å²) in [5.41, 5.74) is 3.90. The van der Waals surface area contributed by atoms with Gasteiger partial charge in [0.2, 0.25) is 0 Å². The maximum absolute atomic E-state index is 13.0. The monoisotopic (exact) mass is 411 g/mol. The number of dihydropyridines is 1. The molecule has 30 heavy (non-hydrogen) atoms. The van der Waals surface area contributed by atoms with E-state index in [9.17, 15) is 14.4 Å². The van der Waals surface area contributed by atoms with Crippen molar-refractivity contribution in [3.05, 3.63) is 57.9 Å². The number of hydrogen-bond donors (Lipinski definition) is 1. The van der Waals surface area contributed by atoms with Crippen LogP contribution in [0.2, 0.25) is 0 Å². The lowest BCUT2D eigenvalue weighted by molar-refractivity contribution is -0.139. The summed E-state index contributed by atoms with van der Waals surface area (Å²) in [6.07, 6.45) is 4.88. The summed E-state index contributed by atoms with van der Waals surface area (Å²) < 4.78 is 10.3. The molecule has 1 aromatic carbocycles. The molecule has 1 atom stereocenters. The molecular weight excluding hydrogens is 382 g/mol. The predicted molar refractivity (Wildman–Crippen MR) is 113 cm³/mol. The zero-order valence-corrected chi connectivity index (χ0v) is 17.9. The number of nitrogens with one attached hydrogen (secondary N) is 1. The SMILES string of the molecule is CCCCCOC(=O)C1=C(C)NC2=C(C(=O)CCC2)[C@@H]1c1ccc(C(=O)OC)cc1. The maximum Gasteiger partial charge on any atom is 0.337 e. The first kappa shape index (κ1) is 21.8. The van der Waals surface area contributed by atoms with Crippen LogP contribution in [0.4, 0.5) is 0 Å². The number of allylic oxidation sites excluding steroid dienone is 3. The van der Waals surface area contributed by atoms with E-state index in [1.54, 1.807) is 24.3 Å². The first-order chi connectivity index (χ1) is 14.5. The number of ether oxygens (including phenoxy) is 2. The third kappa shape index (κ3) is 4.48. The Kier molecular flexibility index (Phi) is 7.08. The Bertz CT molecular complexity index is 895. The molecule has 0 spiro atoms. The minimum atomic E-state index is -0.501. The largest absolute Gasteiger partial charge is 0.465 e. The van der Waals surface area contributed by atoms with E-state index in [0.29, 0.717) is 35.4 Å². The Balaban J connectivity index is 1.98. The van der Waals surface area contributed by atoms with Crippen molar-refractivity contribution in [2.75, 3.05) is 13.7 Å². The highest BCUT2D eigenvalue weighted by atomic mass is 16.5. The highest BCUT2D eigenvalue weighted by Gasteiger charge is 2.39. The van der Waals surface area contributed by atoms with Crippen molar-refractivity contribution in [3.8, 4) is 0 Å². The summed E-state index contributed by atoms with van der Waals surface area (Å²) in [6.45, 7) is 4.30. The molecule has 0 fully saturated rings. The Morgan fingerprint density at radius 3 is 2.50 bits per heavy atom. The van der Waals surface area contributed by atoms with Crippen LogP contribution in [0.1, 0.15) is 74.2 Å². The molecule has 0 saturated carbocycles. The zero-order valence-electron chi connectivity index (χ0n) is 17.9. The summed E-state index contributed by atoms with van der Waals surface area (Å²) in [4.78, 5) is 37.7. The van der Waals surface area contributed by atoms with Crippen molar-refractivity contribution < 1.29 is 23.9 Å². The van der Waals surface area contributed by atoms with Crippen molar-refractivity contribution >= 4 is 17.7 Å². The highest BCUT2D eigenvalue weighted by Crippen LogP contribution is 2.42. The number of Topliss-reactive ketones (excluding diaryl/α,β-unsaturated/α-hetero) is 1. The second-order valence-electron chi connectivity index (χ2n) is 7.72. The van der Waals surface area contributed by atoms with Crippen LogP contribution < -0.4 is 5.32 Å². The third-order valence-electron chi connectivity index (χ3n) is 5.64. The second kappa shape index (κ2) is 9.74. The summed E-state index contributed by atoms with van der Waals surface area (Å²) in [6, 6.07) is 6.89. The average molecular weight is 411 g/mol. The Morgan fingerprint density at radius 2 is 1.83 bits per heavy atom. The first-order valence-electron chi connectivity index (χ1n) is 10.6. The van der Waals surface area contributed by atoms with Crippen molar-refractivity contribution in [1.29, 1.82) is 0 Å². The van der Waals surface area contributed by atoms with Crippen molar-refractivity contribution in [1.82, 2.24) is 5.32 Å². The third-order valence-corrected chi connectivity index (χ3v) is 5.64. The molecule has 6 nitrogen and oxygen atoms in total. The average Bonchev–Trinajstić information content (AvgIpc) is 2.75. The summed E-state index contributed by atoms with van der Waals surface area (Å²) in [5.74, 6) is -1.28. The molecule has 1 aliphatic heterocycles. The van der Waals surface area contributed by atoms with Crippen LogP contribution in [0, 0.1) is 0 Å². The smallest absolute Gasteiger partial charge is 0.337 e. The molecule has 0 amide bonds. The molecule has 1 heterocycles. The molecule has 0 saturated heterocycles. The number of methoxy groups -OCH3 is 1. The molecule has 2 aliphatic rings. The van der Waals surface area contributed by atoms with E-state index >= 15 is 0 Å².